The first kappa shape index (κ1) is 33.2. The molecule has 0 spiro atoms. The van der Waals surface area contributed by atoms with Gasteiger partial charge in [0.2, 0.25) is 0 Å². The second-order valence-corrected chi connectivity index (χ2v) is 16.3. The molecule has 60 heavy (non-hydrogen) atoms. The summed E-state index contributed by atoms with van der Waals surface area (Å²) in [6.45, 7) is 4.64. The Morgan fingerprint density at radius 1 is 0.333 bits per heavy atom. The second kappa shape index (κ2) is 12.1. The Morgan fingerprint density at radius 2 is 0.750 bits per heavy atom. The molecule has 0 aliphatic heterocycles. The van der Waals surface area contributed by atoms with Crippen LogP contribution >= 0.6 is 0 Å². The molecule has 0 unspecified atom stereocenters. The minimum absolute atomic E-state index is 0.101. The van der Waals surface area contributed by atoms with E-state index >= 15 is 0 Å². The van der Waals surface area contributed by atoms with Crippen molar-refractivity contribution >= 4 is 65.8 Å². The highest BCUT2D eigenvalue weighted by Crippen LogP contribution is 2.50. The highest BCUT2D eigenvalue weighted by atomic mass is 16.3. The molecule has 12 aromatic rings. The third kappa shape index (κ3) is 4.67. The maximum Gasteiger partial charge on any atom is 0.164 e. The van der Waals surface area contributed by atoms with Crippen LogP contribution in [-0.4, -0.2) is 15.0 Å². The van der Waals surface area contributed by atoms with Gasteiger partial charge in [-0.3, -0.25) is 0 Å². The molecule has 0 radical (unpaired) electrons. The number of rotatable bonds is 4. The Morgan fingerprint density at radius 3 is 1.33 bits per heavy atom. The van der Waals surface area contributed by atoms with Gasteiger partial charge < -0.3 is 13.3 Å². The fourth-order valence-corrected chi connectivity index (χ4v) is 9.74. The summed E-state index contributed by atoms with van der Waals surface area (Å²) in [5, 5.41) is 5.87. The molecule has 6 nitrogen and oxygen atoms in total. The van der Waals surface area contributed by atoms with E-state index in [9.17, 15) is 0 Å². The van der Waals surface area contributed by atoms with Crippen LogP contribution in [0.2, 0.25) is 0 Å². The first-order valence-electron chi connectivity index (χ1n) is 20.3. The summed E-state index contributed by atoms with van der Waals surface area (Å²) >= 11 is 0. The molecule has 13 rings (SSSR count). The van der Waals surface area contributed by atoms with Crippen molar-refractivity contribution in [2.75, 3.05) is 0 Å². The predicted molar refractivity (Wildman–Crippen MR) is 241 cm³/mol. The molecule has 0 saturated carbocycles. The van der Waals surface area contributed by atoms with Gasteiger partial charge in [-0.05, 0) is 81.9 Å². The average Bonchev–Trinajstić information content (AvgIpc) is 4.04. The standard InChI is InChI=1S/C54H33N3O3/c1-54(2)40-18-6-3-12-32(40)33-26-24-31(29-41(33)54)30-25-27-44-39(28-30)50-38(17-11-23-47(50)60-44)53-56-51(36-15-9-21-45-48(36)34-13-4-7-19-42(34)58-45)55-52(57-53)37-16-10-22-46-49(37)35-14-5-8-20-43(35)59-46/h3-29H,1-2H3. The second-order valence-electron chi connectivity index (χ2n) is 16.3. The summed E-state index contributed by atoms with van der Waals surface area (Å²) in [6.07, 6.45) is 0. The first-order valence-corrected chi connectivity index (χ1v) is 20.3. The van der Waals surface area contributed by atoms with E-state index in [-0.39, 0.29) is 5.41 Å². The minimum atomic E-state index is -0.101. The molecule has 1 aliphatic rings. The van der Waals surface area contributed by atoms with Crippen LogP contribution in [0, 0.1) is 0 Å². The topological polar surface area (TPSA) is 78.1 Å². The zero-order valence-corrected chi connectivity index (χ0v) is 32.7. The molecule has 282 valence electrons. The third-order valence-electron chi connectivity index (χ3n) is 12.6. The fourth-order valence-electron chi connectivity index (χ4n) is 9.74. The molecular formula is C54H33N3O3. The molecule has 0 N–H and O–H groups in total. The molecule has 4 heterocycles. The van der Waals surface area contributed by atoms with Crippen LogP contribution in [0.1, 0.15) is 25.0 Å². The van der Waals surface area contributed by atoms with Gasteiger partial charge in [0.15, 0.2) is 17.5 Å². The van der Waals surface area contributed by atoms with Gasteiger partial charge in [-0.15, -0.1) is 0 Å². The third-order valence-corrected chi connectivity index (χ3v) is 12.6. The molecule has 0 atom stereocenters. The average molecular weight is 772 g/mol. The van der Waals surface area contributed by atoms with Gasteiger partial charge in [-0.2, -0.15) is 0 Å². The molecule has 0 fully saturated rings. The minimum Gasteiger partial charge on any atom is -0.456 e. The molecule has 8 aromatic carbocycles. The number of fused-ring (bicyclic) bond motifs is 12. The molecule has 4 aromatic heterocycles. The van der Waals surface area contributed by atoms with E-state index in [1.54, 1.807) is 0 Å². The Bertz CT molecular complexity index is 3640. The van der Waals surface area contributed by atoms with E-state index in [1.165, 1.54) is 22.3 Å². The zero-order valence-electron chi connectivity index (χ0n) is 32.7. The summed E-state index contributed by atoms with van der Waals surface area (Å²) in [5.41, 5.74) is 14.8. The van der Waals surface area contributed by atoms with Crippen LogP contribution < -0.4 is 0 Å². The lowest BCUT2D eigenvalue weighted by Crippen LogP contribution is -2.14. The smallest absolute Gasteiger partial charge is 0.164 e. The first-order chi connectivity index (χ1) is 29.5. The molecule has 0 amide bonds. The van der Waals surface area contributed by atoms with Crippen molar-refractivity contribution < 1.29 is 13.3 Å². The lowest BCUT2D eigenvalue weighted by Gasteiger charge is -2.22. The maximum absolute atomic E-state index is 6.58. The van der Waals surface area contributed by atoms with Crippen molar-refractivity contribution in [1.82, 2.24) is 15.0 Å². The van der Waals surface area contributed by atoms with Crippen LogP contribution in [-0.2, 0) is 5.41 Å². The largest absolute Gasteiger partial charge is 0.456 e. The van der Waals surface area contributed by atoms with Crippen molar-refractivity contribution in [3.05, 3.63) is 175 Å². The van der Waals surface area contributed by atoms with Gasteiger partial charge in [0.25, 0.3) is 0 Å². The van der Waals surface area contributed by atoms with Crippen molar-refractivity contribution in [2.24, 2.45) is 0 Å². The molecule has 0 saturated heterocycles. The monoisotopic (exact) mass is 771 g/mol. The number of benzene rings is 8. The van der Waals surface area contributed by atoms with E-state index in [2.05, 4.69) is 105 Å². The van der Waals surface area contributed by atoms with Gasteiger partial charge in [-0.1, -0.05) is 129 Å². The molecular weight excluding hydrogens is 739 g/mol. The van der Waals surface area contributed by atoms with Crippen LogP contribution in [0.3, 0.4) is 0 Å². The van der Waals surface area contributed by atoms with E-state index in [0.717, 1.165) is 93.6 Å². The summed E-state index contributed by atoms with van der Waals surface area (Å²) in [5.74, 6) is 1.63. The van der Waals surface area contributed by atoms with E-state index in [1.807, 2.05) is 72.8 Å². The van der Waals surface area contributed by atoms with Crippen LogP contribution in [0.15, 0.2) is 177 Å². The fraction of sp³-hybridized carbons (Fsp3) is 0.0556. The summed E-state index contributed by atoms with van der Waals surface area (Å²) < 4.78 is 19.3. The molecule has 1 aliphatic carbocycles. The predicted octanol–water partition coefficient (Wildman–Crippen LogP) is 14.5. The number of aromatic nitrogens is 3. The summed E-state index contributed by atoms with van der Waals surface area (Å²) in [4.78, 5) is 15.9. The van der Waals surface area contributed by atoms with Gasteiger partial charge >= 0.3 is 0 Å². The van der Waals surface area contributed by atoms with Gasteiger partial charge in [0.1, 0.15) is 33.5 Å². The Kier molecular flexibility index (Phi) is 6.69. The van der Waals surface area contributed by atoms with Crippen LogP contribution in [0.25, 0.3) is 122 Å². The van der Waals surface area contributed by atoms with Crippen molar-refractivity contribution in [3.8, 4) is 56.4 Å². The van der Waals surface area contributed by atoms with Gasteiger partial charge in [-0.25, -0.2) is 15.0 Å². The van der Waals surface area contributed by atoms with E-state index < -0.39 is 0 Å². The van der Waals surface area contributed by atoms with Gasteiger partial charge in [0.05, 0.1) is 0 Å². The molecule has 0 bridgehead atoms. The van der Waals surface area contributed by atoms with Crippen LogP contribution in [0.4, 0.5) is 0 Å². The summed E-state index contributed by atoms with van der Waals surface area (Å²) in [6, 6.07) is 56.6. The number of furan rings is 3. The van der Waals surface area contributed by atoms with Crippen molar-refractivity contribution in [2.45, 2.75) is 19.3 Å². The SMILES string of the molecule is CC1(C)c2ccccc2-c2ccc(-c3ccc4oc5cccc(-c6nc(-c7cccc8oc9ccccc9c78)nc(-c7cccc8oc9ccccc9c78)n6)c5c4c3)cc21. The van der Waals surface area contributed by atoms with Gasteiger partial charge in [0, 0.05) is 54.4 Å². The highest BCUT2D eigenvalue weighted by Gasteiger charge is 2.35. The Hall–Kier alpha value is -7.83. The molecule has 6 heteroatoms. The lowest BCUT2D eigenvalue weighted by atomic mass is 9.81. The van der Waals surface area contributed by atoms with Crippen molar-refractivity contribution in [3.63, 3.8) is 0 Å². The quantitative estimate of drug-likeness (QED) is 0.177. The number of nitrogens with zero attached hydrogens (tertiary/aromatic N) is 3. The Labute approximate surface area is 343 Å². The maximum atomic E-state index is 6.58. The van der Waals surface area contributed by atoms with Crippen molar-refractivity contribution in [1.29, 1.82) is 0 Å². The number of para-hydroxylation sites is 2. The summed E-state index contributed by atoms with van der Waals surface area (Å²) in [7, 11) is 0. The zero-order chi connectivity index (χ0) is 39.7. The number of hydrogen-bond acceptors (Lipinski definition) is 6. The van der Waals surface area contributed by atoms with E-state index in [4.69, 9.17) is 28.2 Å². The van der Waals surface area contributed by atoms with Crippen LogP contribution in [0.5, 0.6) is 0 Å². The van der Waals surface area contributed by atoms with E-state index in [0.29, 0.717) is 17.5 Å². The Balaban J connectivity index is 1.05. The highest BCUT2D eigenvalue weighted by molar-refractivity contribution is 6.15. The normalized spacial score (nSPS) is 13.3. The lowest BCUT2D eigenvalue weighted by molar-refractivity contribution is 0.660. The number of hydrogen-bond donors (Lipinski definition) is 0.